The summed E-state index contributed by atoms with van der Waals surface area (Å²) in [5, 5.41) is 0. The molecule has 1 rings (SSSR count). The second-order valence-corrected chi connectivity index (χ2v) is 3.01. The zero-order valence-corrected chi connectivity index (χ0v) is 8.58. The van der Waals surface area contributed by atoms with Crippen LogP contribution in [0.25, 0.3) is 0 Å². The summed E-state index contributed by atoms with van der Waals surface area (Å²) in [7, 11) is 0. The Bertz CT molecular complexity index is 226. The number of hydrogen-bond acceptors (Lipinski definition) is 1. The smallest absolute Gasteiger partial charge is 0.0366 e. The van der Waals surface area contributed by atoms with E-state index in [0.29, 0.717) is 0 Å². The van der Waals surface area contributed by atoms with Crippen LogP contribution in [0.1, 0.15) is 19.4 Å². The van der Waals surface area contributed by atoms with E-state index in [1.165, 1.54) is 11.3 Å². The lowest BCUT2D eigenvalue weighted by Crippen LogP contribution is -2.21. The Morgan fingerprint density at radius 1 is 1.00 bits per heavy atom. The van der Waals surface area contributed by atoms with Gasteiger partial charge in [-0.15, -0.1) is 0 Å². The zero-order chi connectivity index (χ0) is 8.97. The molecule has 1 aromatic rings. The average Bonchev–Trinajstić information content (AvgIpc) is 2.10. The molecule has 0 heterocycles. The molecule has 0 spiro atoms. The van der Waals surface area contributed by atoms with E-state index < -0.39 is 0 Å². The Kier molecular flexibility index (Phi) is 5.12. The van der Waals surface area contributed by atoms with Gasteiger partial charge in [0.1, 0.15) is 0 Å². The summed E-state index contributed by atoms with van der Waals surface area (Å²) in [6, 6.07) is 8.69. The maximum Gasteiger partial charge on any atom is 0.0366 e. The number of halogens is 1. The van der Waals surface area contributed by atoms with Crippen LogP contribution in [0, 0.1) is 6.92 Å². The number of hydrogen-bond donors (Lipinski definition) is 0. The molecule has 0 saturated heterocycles. The Labute approximate surface area is 79.7 Å². The molecule has 0 N–H and O–H groups in total. The van der Waals surface area contributed by atoms with Gasteiger partial charge in [0, 0.05) is 18.8 Å². The van der Waals surface area contributed by atoms with Crippen molar-refractivity contribution < 1.29 is 4.70 Å². The molecule has 0 aliphatic rings. The lowest BCUT2D eigenvalue weighted by atomic mass is 10.2. The first-order valence-corrected chi connectivity index (χ1v) is 4.59. The molecule has 0 saturated carbocycles. The Hall–Kier alpha value is -1.05. The van der Waals surface area contributed by atoms with Gasteiger partial charge in [-0.1, -0.05) is 17.7 Å². The second-order valence-electron chi connectivity index (χ2n) is 3.01. The highest BCUT2D eigenvalue weighted by atomic mass is 19.0. The molecule has 0 atom stereocenters. The van der Waals surface area contributed by atoms with Gasteiger partial charge >= 0.3 is 0 Å². The summed E-state index contributed by atoms with van der Waals surface area (Å²) >= 11 is 0. The maximum absolute atomic E-state index is 2.35. The van der Waals surface area contributed by atoms with Crippen molar-refractivity contribution in [2.75, 3.05) is 18.0 Å². The molecule has 2 heteroatoms. The Balaban J connectivity index is 0.00000144. The largest absolute Gasteiger partial charge is 0.372 e. The first kappa shape index (κ1) is 11.9. The normalized spacial score (nSPS) is 9.15. The van der Waals surface area contributed by atoms with Gasteiger partial charge in [-0.05, 0) is 32.9 Å². The summed E-state index contributed by atoms with van der Waals surface area (Å²) in [6.07, 6.45) is 0. The van der Waals surface area contributed by atoms with Crippen molar-refractivity contribution >= 4 is 5.69 Å². The van der Waals surface area contributed by atoms with Crippen LogP contribution in [0.15, 0.2) is 24.3 Å². The lowest BCUT2D eigenvalue weighted by Gasteiger charge is -2.20. The predicted octanol–water partition coefficient (Wildman–Crippen LogP) is 2.99. The summed E-state index contributed by atoms with van der Waals surface area (Å²) in [6.45, 7) is 8.65. The average molecular weight is 183 g/mol. The fourth-order valence-corrected chi connectivity index (χ4v) is 1.34. The molecule has 0 radical (unpaired) electrons. The third kappa shape index (κ3) is 3.05. The fraction of sp³-hybridized carbons (Fsp3) is 0.455. The van der Waals surface area contributed by atoms with Gasteiger partial charge in [0.25, 0.3) is 0 Å². The predicted molar refractivity (Wildman–Crippen MR) is 57.2 cm³/mol. The van der Waals surface area contributed by atoms with Crippen LogP contribution in [0.2, 0.25) is 0 Å². The van der Waals surface area contributed by atoms with E-state index in [4.69, 9.17) is 0 Å². The molecular weight excluding hydrogens is 165 g/mol. The minimum atomic E-state index is 0. The van der Waals surface area contributed by atoms with E-state index in [-0.39, 0.29) is 4.70 Å². The molecular formula is C11H18FN. The molecule has 0 aromatic heterocycles. The quantitative estimate of drug-likeness (QED) is 0.696. The van der Waals surface area contributed by atoms with Gasteiger partial charge in [0.2, 0.25) is 0 Å². The number of nitrogens with zero attached hydrogens (tertiary/aromatic N) is 1. The monoisotopic (exact) mass is 183 g/mol. The SMILES string of the molecule is CCN(CC)c1ccc(C)cc1.F. The second kappa shape index (κ2) is 5.57. The third-order valence-electron chi connectivity index (χ3n) is 2.16. The molecule has 0 aliphatic heterocycles. The lowest BCUT2D eigenvalue weighted by molar-refractivity contribution is 0.866. The van der Waals surface area contributed by atoms with Crippen molar-refractivity contribution in [3.8, 4) is 0 Å². The molecule has 13 heavy (non-hydrogen) atoms. The van der Waals surface area contributed by atoms with E-state index in [1.807, 2.05) is 0 Å². The molecule has 0 fully saturated rings. The van der Waals surface area contributed by atoms with E-state index >= 15 is 0 Å². The molecule has 0 unspecified atom stereocenters. The van der Waals surface area contributed by atoms with E-state index in [2.05, 4.69) is 49.9 Å². The third-order valence-corrected chi connectivity index (χ3v) is 2.16. The minimum Gasteiger partial charge on any atom is -0.372 e. The first-order chi connectivity index (χ1) is 5.77. The molecule has 1 nitrogen and oxygen atoms in total. The van der Waals surface area contributed by atoms with Crippen molar-refractivity contribution in [3.63, 3.8) is 0 Å². The minimum absolute atomic E-state index is 0. The summed E-state index contributed by atoms with van der Waals surface area (Å²) in [5.74, 6) is 0. The highest BCUT2D eigenvalue weighted by molar-refractivity contribution is 5.47. The number of anilines is 1. The van der Waals surface area contributed by atoms with Crippen LogP contribution in [-0.2, 0) is 0 Å². The van der Waals surface area contributed by atoms with Crippen molar-refractivity contribution in [1.29, 1.82) is 0 Å². The highest BCUT2D eigenvalue weighted by Crippen LogP contribution is 2.13. The number of aryl methyl sites for hydroxylation is 1. The van der Waals surface area contributed by atoms with Crippen LogP contribution < -0.4 is 4.90 Å². The Morgan fingerprint density at radius 3 is 1.85 bits per heavy atom. The van der Waals surface area contributed by atoms with E-state index in [1.54, 1.807) is 0 Å². The van der Waals surface area contributed by atoms with Gasteiger partial charge < -0.3 is 4.90 Å². The molecule has 74 valence electrons. The zero-order valence-electron chi connectivity index (χ0n) is 8.58. The fourth-order valence-electron chi connectivity index (χ4n) is 1.34. The van der Waals surface area contributed by atoms with Gasteiger partial charge in [0.15, 0.2) is 0 Å². The first-order valence-electron chi connectivity index (χ1n) is 4.59. The van der Waals surface area contributed by atoms with Crippen LogP contribution >= 0.6 is 0 Å². The van der Waals surface area contributed by atoms with Gasteiger partial charge in [-0.25, -0.2) is 0 Å². The summed E-state index contributed by atoms with van der Waals surface area (Å²) < 4.78 is 0. The standard InChI is InChI=1S/C11H17N.FH/c1-4-12(5-2)11-8-6-10(3)7-9-11;/h6-9H,4-5H2,1-3H3;1H. The van der Waals surface area contributed by atoms with Crippen LogP contribution in [0.4, 0.5) is 10.4 Å². The van der Waals surface area contributed by atoms with Crippen LogP contribution in [-0.4, -0.2) is 13.1 Å². The number of rotatable bonds is 3. The summed E-state index contributed by atoms with van der Waals surface area (Å²) in [4.78, 5) is 2.35. The molecule has 0 aliphatic carbocycles. The highest BCUT2D eigenvalue weighted by Gasteiger charge is 1.98. The van der Waals surface area contributed by atoms with Crippen molar-refractivity contribution in [3.05, 3.63) is 29.8 Å². The van der Waals surface area contributed by atoms with Gasteiger partial charge in [-0.2, -0.15) is 0 Å². The van der Waals surface area contributed by atoms with Crippen LogP contribution in [0.3, 0.4) is 0 Å². The Morgan fingerprint density at radius 2 is 1.46 bits per heavy atom. The number of benzene rings is 1. The van der Waals surface area contributed by atoms with Gasteiger partial charge in [-0.3, -0.25) is 4.70 Å². The van der Waals surface area contributed by atoms with Crippen LogP contribution in [0.5, 0.6) is 0 Å². The summed E-state index contributed by atoms with van der Waals surface area (Å²) in [5.41, 5.74) is 2.65. The van der Waals surface area contributed by atoms with E-state index in [9.17, 15) is 0 Å². The van der Waals surface area contributed by atoms with Crippen molar-refractivity contribution in [2.45, 2.75) is 20.8 Å². The molecule has 1 aromatic carbocycles. The van der Waals surface area contributed by atoms with Gasteiger partial charge in [0.05, 0.1) is 0 Å². The topological polar surface area (TPSA) is 3.24 Å². The van der Waals surface area contributed by atoms with Crippen molar-refractivity contribution in [2.24, 2.45) is 0 Å². The maximum atomic E-state index is 2.35. The molecule has 0 bridgehead atoms. The van der Waals surface area contributed by atoms with Crippen molar-refractivity contribution in [1.82, 2.24) is 0 Å². The van der Waals surface area contributed by atoms with E-state index in [0.717, 1.165) is 13.1 Å². The molecule has 0 amide bonds.